The van der Waals surface area contributed by atoms with E-state index in [0.29, 0.717) is 43.4 Å². The van der Waals surface area contributed by atoms with Gasteiger partial charge in [0.05, 0.1) is 39.0 Å². The van der Waals surface area contributed by atoms with Crippen molar-refractivity contribution in [3.05, 3.63) is 12.2 Å². The Morgan fingerprint density at radius 3 is 1.24 bits per heavy atom. The molecule has 0 aliphatic heterocycles. The zero-order chi connectivity index (χ0) is 30.4. The van der Waals surface area contributed by atoms with Crippen molar-refractivity contribution in [2.75, 3.05) is 26.2 Å². The normalized spacial score (nSPS) is 11.8. The predicted octanol–water partition coefficient (Wildman–Crippen LogP) is 7.66. The van der Waals surface area contributed by atoms with E-state index in [2.05, 4.69) is 19.1 Å². The van der Waals surface area contributed by atoms with Crippen molar-refractivity contribution < 1.29 is 34.2 Å². The first-order valence-electron chi connectivity index (χ1n) is 16.9. The molecule has 0 bridgehead atoms. The second-order valence-corrected chi connectivity index (χ2v) is 12.1. The molecular formula is C34H63NO6. The number of allylic oxidation sites excluding steroid dienone is 2. The van der Waals surface area contributed by atoms with Crippen LogP contribution in [0.3, 0.4) is 0 Å². The topological polar surface area (TPSA) is 115 Å². The lowest BCUT2D eigenvalue weighted by atomic mass is 10.0. The standard InChI is InChI=1S/C34H63NO6/c1-2-3-4-5-6-7-8-9-10-11-12-13-14-15-16-17-18-19-20-21-28-35(29-22-25-32(36)37,30-23-26-33(38)39)31-24-27-34(40)41/h5-6H,2-4,7-31H2,1H3,(H2-,36,37,38,39,40,41)/b6-5+. The van der Waals surface area contributed by atoms with E-state index in [0.717, 1.165) is 19.4 Å². The molecule has 0 aromatic rings. The Bertz CT molecular complexity index is 628. The van der Waals surface area contributed by atoms with E-state index in [1.807, 2.05) is 0 Å². The Morgan fingerprint density at radius 1 is 0.512 bits per heavy atom. The van der Waals surface area contributed by atoms with Crippen molar-refractivity contribution in [1.29, 1.82) is 0 Å². The van der Waals surface area contributed by atoms with Crippen molar-refractivity contribution >= 4 is 17.9 Å². The minimum atomic E-state index is -1.07. The summed E-state index contributed by atoms with van der Waals surface area (Å²) in [6.07, 6.45) is 29.4. The number of unbranched alkanes of at least 4 members (excludes halogenated alkanes) is 16. The van der Waals surface area contributed by atoms with Crippen LogP contribution in [0.1, 0.15) is 161 Å². The van der Waals surface area contributed by atoms with Crippen molar-refractivity contribution in [3.8, 4) is 0 Å². The molecule has 41 heavy (non-hydrogen) atoms. The van der Waals surface area contributed by atoms with E-state index in [1.165, 1.54) is 103 Å². The van der Waals surface area contributed by atoms with Gasteiger partial charge >= 0.3 is 11.9 Å². The Hall–Kier alpha value is -1.89. The summed E-state index contributed by atoms with van der Waals surface area (Å²) in [6, 6.07) is 0. The molecule has 0 aliphatic carbocycles. The highest BCUT2D eigenvalue weighted by molar-refractivity contribution is 5.66. The number of carbonyl (C=O) groups is 3. The van der Waals surface area contributed by atoms with Gasteiger partial charge in [-0.2, -0.15) is 0 Å². The van der Waals surface area contributed by atoms with E-state index < -0.39 is 17.9 Å². The fourth-order valence-corrected chi connectivity index (χ4v) is 5.75. The number of hydrogen-bond acceptors (Lipinski definition) is 4. The molecule has 0 rings (SSSR count). The van der Waals surface area contributed by atoms with Gasteiger partial charge in [0, 0.05) is 25.2 Å². The van der Waals surface area contributed by atoms with E-state index in [1.54, 1.807) is 0 Å². The monoisotopic (exact) mass is 581 g/mol. The lowest BCUT2D eigenvalue weighted by Gasteiger charge is -2.39. The third kappa shape index (κ3) is 28.0. The first-order chi connectivity index (χ1) is 19.8. The van der Waals surface area contributed by atoms with Gasteiger partial charge in [-0.15, -0.1) is 0 Å². The van der Waals surface area contributed by atoms with Crippen molar-refractivity contribution in [3.63, 3.8) is 0 Å². The third-order valence-corrected chi connectivity index (χ3v) is 8.20. The molecule has 0 amide bonds. The molecule has 0 heterocycles. The predicted molar refractivity (Wildman–Crippen MR) is 166 cm³/mol. The lowest BCUT2D eigenvalue weighted by molar-refractivity contribution is -0.929. The fraction of sp³-hybridized carbons (Fsp3) is 0.853. The van der Waals surface area contributed by atoms with E-state index >= 15 is 0 Å². The second kappa shape index (κ2) is 28.2. The van der Waals surface area contributed by atoms with Crippen molar-refractivity contribution in [2.24, 2.45) is 0 Å². The summed E-state index contributed by atoms with van der Waals surface area (Å²) in [5.74, 6) is -2.74. The molecule has 240 valence electrons. The number of nitrogens with zero attached hydrogens (tertiary/aromatic N) is 1. The smallest absolute Gasteiger partial charge is 0.303 e. The van der Waals surface area contributed by atoms with E-state index in [-0.39, 0.29) is 19.3 Å². The second-order valence-electron chi connectivity index (χ2n) is 12.1. The highest BCUT2D eigenvalue weighted by atomic mass is 16.4. The summed E-state index contributed by atoms with van der Waals surface area (Å²) in [5, 5.41) is 29.1. The summed E-state index contributed by atoms with van der Waals surface area (Å²) in [5.41, 5.74) is 0. The van der Waals surface area contributed by atoms with Gasteiger partial charge in [-0.25, -0.2) is 0 Å². The molecule has 0 radical (unpaired) electrons. The molecule has 2 N–H and O–H groups in total. The third-order valence-electron chi connectivity index (χ3n) is 8.20. The van der Waals surface area contributed by atoms with Crippen LogP contribution in [-0.2, 0) is 14.4 Å². The molecule has 0 aromatic carbocycles. The van der Waals surface area contributed by atoms with Crippen LogP contribution in [-0.4, -0.2) is 58.8 Å². The number of carboxylic acids is 3. The van der Waals surface area contributed by atoms with E-state index in [9.17, 15) is 19.5 Å². The van der Waals surface area contributed by atoms with Gasteiger partial charge in [0.15, 0.2) is 0 Å². The summed E-state index contributed by atoms with van der Waals surface area (Å²) < 4.78 is 0.615. The molecule has 0 atom stereocenters. The minimum absolute atomic E-state index is 0.0189. The molecule has 0 aliphatic rings. The summed E-state index contributed by atoms with van der Waals surface area (Å²) in [4.78, 5) is 33.1. The molecule has 0 aromatic heterocycles. The first-order valence-corrected chi connectivity index (χ1v) is 16.9. The Balaban J connectivity index is 4.06. The molecular weight excluding hydrogens is 518 g/mol. The van der Waals surface area contributed by atoms with Crippen molar-refractivity contribution in [2.45, 2.75) is 161 Å². The SMILES string of the molecule is CCCC/C=C/CCCCCCCCCCCCCCCC[N+](CCCC(=O)[O-])(CCCC(=O)O)CCCC(=O)O. The minimum Gasteiger partial charge on any atom is -0.550 e. The lowest BCUT2D eigenvalue weighted by Crippen LogP contribution is -2.51. The number of carbonyl (C=O) groups excluding carboxylic acids is 1. The molecule has 0 saturated carbocycles. The fourth-order valence-electron chi connectivity index (χ4n) is 5.75. The van der Waals surface area contributed by atoms with Crippen molar-refractivity contribution in [1.82, 2.24) is 0 Å². The maximum Gasteiger partial charge on any atom is 0.303 e. The van der Waals surface area contributed by atoms with Crippen LogP contribution in [0.2, 0.25) is 0 Å². The van der Waals surface area contributed by atoms with Crippen LogP contribution >= 0.6 is 0 Å². The summed E-state index contributed by atoms with van der Waals surface area (Å²) >= 11 is 0. The molecule has 0 fully saturated rings. The molecule has 0 saturated heterocycles. The summed E-state index contributed by atoms with van der Waals surface area (Å²) in [7, 11) is 0. The van der Waals surface area contributed by atoms with Crippen LogP contribution < -0.4 is 5.11 Å². The largest absolute Gasteiger partial charge is 0.550 e. The van der Waals surface area contributed by atoms with Crippen LogP contribution in [0.5, 0.6) is 0 Å². The average Bonchev–Trinajstić information content (AvgIpc) is 2.91. The van der Waals surface area contributed by atoms with E-state index in [4.69, 9.17) is 10.2 Å². The highest BCUT2D eigenvalue weighted by Gasteiger charge is 2.26. The Kier molecular flexibility index (Phi) is 26.9. The number of quaternary nitrogens is 1. The van der Waals surface area contributed by atoms with Crippen LogP contribution in [0, 0.1) is 0 Å². The number of aliphatic carboxylic acids is 3. The maximum atomic E-state index is 11.1. The highest BCUT2D eigenvalue weighted by Crippen LogP contribution is 2.19. The van der Waals surface area contributed by atoms with Crippen LogP contribution in [0.15, 0.2) is 12.2 Å². The van der Waals surface area contributed by atoms with Crippen LogP contribution in [0.25, 0.3) is 0 Å². The first kappa shape index (κ1) is 39.1. The van der Waals surface area contributed by atoms with Gasteiger partial charge in [0.1, 0.15) is 0 Å². The quantitative estimate of drug-likeness (QED) is 0.0479. The number of hydrogen-bond donors (Lipinski definition) is 2. The van der Waals surface area contributed by atoms with Crippen LogP contribution in [0.4, 0.5) is 0 Å². The Labute approximate surface area is 251 Å². The molecule has 0 spiro atoms. The molecule has 0 unspecified atom stereocenters. The number of carboxylic acid groups (broad SMARTS) is 3. The van der Waals surface area contributed by atoms with Gasteiger partial charge in [0.25, 0.3) is 0 Å². The van der Waals surface area contributed by atoms with Gasteiger partial charge < -0.3 is 24.6 Å². The Morgan fingerprint density at radius 2 is 0.854 bits per heavy atom. The number of rotatable bonds is 32. The van der Waals surface area contributed by atoms with Gasteiger partial charge in [-0.05, 0) is 38.5 Å². The maximum absolute atomic E-state index is 11.1. The molecule has 7 heteroatoms. The van der Waals surface area contributed by atoms with Gasteiger partial charge in [-0.1, -0.05) is 103 Å². The zero-order valence-electron chi connectivity index (χ0n) is 26.4. The molecule has 7 nitrogen and oxygen atoms in total. The zero-order valence-corrected chi connectivity index (χ0v) is 26.4. The van der Waals surface area contributed by atoms with Gasteiger partial charge in [0.2, 0.25) is 0 Å². The summed E-state index contributed by atoms with van der Waals surface area (Å²) in [6.45, 7) is 5.01. The van der Waals surface area contributed by atoms with Gasteiger partial charge in [-0.3, -0.25) is 9.59 Å². The average molecular weight is 582 g/mol.